The van der Waals surface area contributed by atoms with Crippen molar-refractivity contribution in [2.45, 2.75) is 45.2 Å². The lowest BCUT2D eigenvalue weighted by Crippen LogP contribution is -2.41. The van der Waals surface area contributed by atoms with Crippen molar-refractivity contribution in [3.8, 4) is 0 Å². The van der Waals surface area contributed by atoms with Crippen LogP contribution >= 0.6 is 11.3 Å². The SMILES string of the molecule is C[C@@H](NC(=O)Cn1ccc(=O)c2sccc21)[C@@H]1C[C@H]2CC[C@H]1C2. The first kappa shape index (κ1) is 14.9. The van der Waals surface area contributed by atoms with Gasteiger partial charge in [0.2, 0.25) is 5.91 Å². The number of hydrogen-bond acceptors (Lipinski definition) is 3. The van der Waals surface area contributed by atoms with E-state index in [0.29, 0.717) is 5.92 Å². The Kier molecular flexibility index (Phi) is 3.76. The van der Waals surface area contributed by atoms with Gasteiger partial charge in [0.15, 0.2) is 5.43 Å². The minimum atomic E-state index is 0.0296. The fourth-order valence-electron chi connectivity index (χ4n) is 4.63. The number of fused-ring (bicyclic) bond motifs is 3. The van der Waals surface area contributed by atoms with Gasteiger partial charge >= 0.3 is 0 Å². The van der Waals surface area contributed by atoms with E-state index in [2.05, 4.69) is 12.2 Å². The van der Waals surface area contributed by atoms with Crippen LogP contribution in [0.5, 0.6) is 0 Å². The highest BCUT2D eigenvalue weighted by atomic mass is 32.1. The van der Waals surface area contributed by atoms with Gasteiger partial charge < -0.3 is 9.88 Å². The number of pyridine rings is 1. The zero-order valence-corrected chi connectivity index (χ0v) is 14.1. The molecule has 2 fully saturated rings. The van der Waals surface area contributed by atoms with Crippen LogP contribution < -0.4 is 10.7 Å². The molecule has 0 aromatic carbocycles. The number of hydrogen-bond donors (Lipinski definition) is 1. The van der Waals surface area contributed by atoms with Gasteiger partial charge in [-0.1, -0.05) is 6.42 Å². The second-order valence-corrected chi connectivity index (χ2v) is 8.05. The van der Waals surface area contributed by atoms with Gasteiger partial charge in [-0.25, -0.2) is 0 Å². The molecule has 23 heavy (non-hydrogen) atoms. The van der Waals surface area contributed by atoms with E-state index in [1.54, 1.807) is 12.3 Å². The molecule has 4 nitrogen and oxygen atoms in total. The molecule has 1 N–H and O–H groups in total. The third kappa shape index (κ3) is 2.71. The number of nitrogens with one attached hydrogen (secondary N) is 1. The van der Waals surface area contributed by atoms with Crippen LogP contribution in [0.4, 0.5) is 0 Å². The Balaban J connectivity index is 1.44. The van der Waals surface area contributed by atoms with Crippen LogP contribution in [0, 0.1) is 17.8 Å². The average molecular weight is 330 g/mol. The summed E-state index contributed by atoms with van der Waals surface area (Å²) >= 11 is 1.43. The lowest BCUT2D eigenvalue weighted by Gasteiger charge is -2.28. The summed E-state index contributed by atoms with van der Waals surface area (Å²) in [6.07, 6.45) is 7.08. The summed E-state index contributed by atoms with van der Waals surface area (Å²) in [7, 11) is 0. The second kappa shape index (κ2) is 5.78. The minimum Gasteiger partial charge on any atom is -0.352 e. The molecular formula is C18H22N2O2S. The maximum absolute atomic E-state index is 12.4. The number of rotatable bonds is 4. The normalized spacial score (nSPS) is 27.4. The smallest absolute Gasteiger partial charge is 0.240 e. The van der Waals surface area contributed by atoms with Crippen LogP contribution in [-0.4, -0.2) is 16.5 Å². The highest BCUT2D eigenvalue weighted by Gasteiger charge is 2.42. The van der Waals surface area contributed by atoms with E-state index in [1.165, 1.54) is 37.0 Å². The van der Waals surface area contributed by atoms with Crippen molar-refractivity contribution in [3.05, 3.63) is 33.9 Å². The molecule has 2 aromatic heterocycles. The highest BCUT2D eigenvalue weighted by molar-refractivity contribution is 7.17. The largest absolute Gasteiger partial charge is 0.352 e. The fraction of sp³-hybridized carbons (Fsp3) is 0.556. The van der Waals surface area contributed by atoms with E-state index in [4.69, 9.17) is 0 Å². The zero-order valence-electron chi connectivity index (χ0n) is 13.3. The molecule has 0 aliphatic heterocycles. The minimum absolute atomic E-state index is 0.0296. The van der Waals surface area contributed by atoms with E-state index in [0.717, 1.165) is 22.1 Å². The van der Waals surface area contributed by atoms with Gasteiger partial charge in [0.25, 0.3) is 0 Å². The van der Waals surface area contributed by atoms with Gasteiger partial charge in [0.05, 0.1) is 10.2 Å². The molecule has 0 radical (unpaired) electrons. The number of carbonyl (C=O) groups is 1. The summed E-state index contributed by atoms with van der Waals surface area (Å²) in [5, 5.41) is 5.09. The molecule has 122 valence electrons. The number of amides is 1. The molecule has 0 spiro atoms. The van der Waals surface area contributed by atoms with Crippen molar-refractivity contribution in [2.24, 2.45) is 17.8 Å². The molecule has 4 atom stereocenters. The first-order valence-electron chi connectivity index (χ1n) is 8.48. The third-order valence-corrected chi connectivity index (χ3v) is 6.64. The van der Waals surface area contributed by atoms with Crippen LogP contribution in [0.1, 0.15) is 32.6 Å². The van der Waals surface area contributed by atoms with E-state index < -0.39 is 0 Å². The molecule has 1 amide bonds. The third-order valence-electron chi connectivity index (χ3n) is 5.72. The molecule has 0 unspecified atom stereocenters. The average Bonchev–Trinajstić information content (AvgIpc) is 3.25. The molecule has 2 bridgehead atoms. The van der Waals surface area contributed by atoms with Gasteiger partial charge in [0, 0.05) is 18.3 Å². The summed E-state index contributed by atoms with van der Waals surface area (Å²) < 4.78 is 2.59. The van der Waals surface area contributed by atoms with Crippen LogP contribution in [0.2, 0.25) is 0 Å². The van der Waals surface area contributed by atoms with Crippen LogP contribution in [0.15, 0.2) is 28.5 Å². The standard InChI is InChI=1S/C18H22N2O2S/c1-11(14-9-12-2-3-13(14)8-12)19-17(22)10-20-6-4-16(21)18-15(20)5-7-23-18/h4-7,11-14H,2-3,8-10H2,1H3,(H,19,22)/t11-,12+,13+,14+/m1/s1. The van der Waals surface area contributed by atoms with Crippen molar-refractivity contribution in [3.63, 3.8) is 0 Å². The molecule has 2 heterocycles. The van der Waals surface area contributed by atoms with Crippen molar-refractivity contribution in [1.82, 2.24) is 9.88 Å². The van der Waals surface area contributed by atoms with Gasteiger partial charge in [-0.2, -0.15) is 0 Å². The topological polar surface area (TPSA) is 51.1 Å². The van der Waals surface area contributed by atoms with Gasteiger partial charge in [0.1, 0.15) is 6.54 Å². The summed E-state index contributed by atoms with van der Waals surface area (Å²) in [5.74, 6) is 2.39. The number of aromatic nitrogens is 1. The fourth-order valence-corrected chi connectivity index (χ4v) is 5.46. The zero-order chi connectivity index (χ0) is 16.0. The number of carbonyl (C=O) groups excluding carboxylic acids is 1. The van der Waals surface area contributed by atoms with E-state index in [1.807, 2.05) is 16.0 Å². The predicted molar refractivity (Wildman–Crippen MR) is 92.6 cm³/mol. The van der Waals surface area contributed by atoms with Gasteiger partial charge in [-0.15, -0.1) is 11.3 Å². The van der Waals surface area contributed by atoms with Gasteiger partial charge in [-0.05, 0) is 55.4 Å². The van der Waals surface area contributed by atoms with E-state index in [9.17, 15) is 9.59 Å². The number of nitrogens with zero attached hydrogens (tertiary/aromatic N) is 1. The quantitative estimate of drug-likeness (QED) is 0.937. The van der Waals surface area contributed by atoms with Crippen LogP contribution in [0.25, 0.3) is 10.2 Å². The second-order valence-electron chi connectivity index (χ2n) is 7.14. The first-order valence-corrected chi connectivity index (χ1v) is 9.36. The Labute approximate surface area is 139 Å². The number of thiophene rings is 1. The molecular weight excluding hydrogens is 308 g/mol. The molecule has 2 aliphatic rings. The predicted octanol–water partition coefficient (Wildman–Crippen LogP) is 3.00. The molecule has 2 aliphatic carbocycles. The molecule has 2 aromatic rings. The maximum Gasteiger partial charge on any atom is 0.240 e. The Morgan fingerprint density at radius 3 is 3.00 bits per heavy atom. The first-order chi connectivity index (χ1) is 11.1. The van der Waals surface area contributed by atoms with E-state index in [-0.39, 0.29) is 23.9 Å². The van der Waals surface area contributed by atoms with Crippen molar-refractivity contribution in [1.29, 1.82) is 0 Å². The van der Waals surface area contributed by atoms with Crippen molar-refractivity contribution < 1.29 is 4.79 Å². The Bertz CT molecular complexity index is 794. The van der Waals surface area contributed by atoms with Crippen LogP contribution in [-0.2, 0) is 11.3 Å². The molecule has 5 heteroatoms. The Morgan fingerprint density at radius 2 is 2.26 bits per heavy atom. The monoisotopic (exact) mass is 330 g/mol. The van der Waals surface area contributed by atoms with Crippen LogP contribution in [0.3, 0.4) is 0 Å². The molecule has 0 saturated heterocycles. The Morgan fingerprint density at radius 1 is 1.39 bits per heavy atom. The van der Waals surface area contributed by atoms with E-state index >= 15 is 0 Å². The molecule has 2 saturated carbocycles. The highest BCUT2D eigenvalue weighted by Crippen LogP contribution is 2.49. The lowest BCUT2D eigenvalue weighted by molar-refractivity contribution is -0.122. The summed E-state index contributed by atoms with van der Waals surface area (Å²) in [4.78, 5) is 24.2. The van der Waals surface area contributed by atoms with Crippen molar-refractivity contribution in [2.75, 3.05) is 0 Å². The summed E-state index contributed by atoms with van der Waals surface area (Å²) in [6.45, 7) is 2.42. The van der Waals surface area contributed by atoms with Gasteiger partial charge in [-0.3, -0.25) is 9.59 Å². The summed E-state index contributed by atoms with van der Waals surface area (Å²) in [5.41, 5.74) is 0.882. The van der Waals surface area contributed by atoms with Crippen molar-refractivity contribution >= 4 is 27.5 Å². The Hall–Kier alpha value is -1.62. The summed E-state index contributed by atoms with van der Waals surface area (Å²) in [6, 6.07) is 3.70. The lowest BCUT2D eigenvalue weighted by atomic mass is 9.84. The maximum atomic E-state index is 12.4. The molecule has 4 rings (SSSR count).